The number of nitrogens with zero attached hydrogens (tertiary/aromatic N) is 2. The van der Waals surface area contributed by atoms with Crippen molar-refractivity contribution in [1.29, 1.82) is 0 Å². The fourth-order valence-electron chi connectivity index (χ4n) is 1.52. The van der Waals surface area contributed by atoms with E-state index >= 15 is 0 Å². The molecule has 0 aromatic carbocycles. The van der Waals surface area contributed by atoms with Crippen LogP contribution in [0.3, 0.4) is 0 Å². The maximum atomic E-state index is 6.19. The number of ether oxygens (including phenoxy) is 1. The van der Waals surface area contributed by atoms with E-state index in [1.165, 1.54) is 0 Å². The Morgan fingerprint density at radius 2 is 2.25 bits per heavy atom. The molecule has 1 heterocycles. The van der Waals surface area contributed by atoms with Gasteiger partial charge in [-0.05, 0) is 20.8 Å². The number of aryl methyl sites for hydroxylation is 2. The molecule has 5 heteroatoms. The topological polar surface area (TPSA) is 39.1 Å². The van der Waals surface area contributed by atoms with Crippen LogP contribution in [0.1, 0.15) is 25.2 Å². The van der Waals surface area contributed by atoms with Crippen molar-refractivity contribution in [1.82, 2.24) is 15.1 Å². The standard InChI is InChI=1S/C11H20ClN3O/c1-5-15-10(11(12)9(3)14-15)7-13-6-8(2)16-4/h8,13H,5-7H2,1-4H3. The van der Waals surface area contributed by atoms with E-state index in [9.17, 15) is 0 Å². The zero-order valence-electron chi connectivity index (χ0n) is 10.4. The predicted octanol–water partition coefficient (Wildman–Crippen LogP) is 1.99. The highest BCUT2D eigenvalue weighted by atomic mass is 35.5. The van der Waals surface area contributed by atoms with Crippen LogP contribution in [0.15, 0.2) is 0 Å². The summed E-state index contributed by atoms with van der Waals surface area (Å²) >= 11 is 6.19. The van der Waals surface area contributed by atoms with Gasteiger partial charge in [0.25, 0.3) is 0 Å². The summed E-state index contributed by atoms with van der Waals surface area (Å²) in [7, 11) is 1.71. The minimum atomic E-state index is 0.206. The van der Waals surface area contributed by atoms with E-state index < -0.39 is 0 Å². The number of hydrogen-bond acceptors (Lipinski definition) is 3. The lowest BCUT2D eigenvalue weighted by molar-refractivity contribution is 0.117. The minimum absolute atomic E-state index is 0.206. The van der Waals surface area contributed by atoms with Crippen molar-refractivity contribution in [3.63, 3.8) is 0 Å². The SMILES string of the molecule is CCn1nc(C)c(Cl)c1CNCC(C)OC. The first-order valence-corrected chi connectivity index (χ1v) is 5.93. The largest absolute Gasteiger partial charge is 0.380 e. The van der Waals surface area contributed by atoms with Crippen molar-refractivity contribution in [2.75, 3.05) is 13.7 Å². The van der Waals surface area contributed by atoms with Gasteiger partial charge in [-0.3, -0.25) is 4.68 Å². The molecule has 4 nitrogen and oxygen atoms in total. The molecule has 0 aliphatic heterocycles. The normalized spacial score (nSPS) is 13.1. The molecular formula is C11H20ClN3O. The second-order valence-corrected chi connectivity index (χ2v) is 4.22. The van der Waals surface area contributed by atoms with Gasteiger partial charge in [-0.15, -0.1) is 0 Å². The molecule has 0 amide bonds. The van der Waals surface area contributed by atoms with Crippen LogP contribution in [-0.2, 0) is 17.8 Å². The van der Waals surface area contributed by atoms with E-state index in [0.29, 0.717) is 0 Å². The first-order valence-electron chi connectivity index (χ1n) is 5.55. The van der Waals surface area contributed by atoms with Crippen LogP contribution >= 0.6 is 11.6 Å². The van der Waals surface area contributed by atoms with Crippen molar-refractivity contribution in [3.8, 4) is 0 Å². The van der Waals surface area contributed by atoms with Crippen LogP contribution in [0.5, 0.6) is 0 Å². The molecule has 92 valence electrons. The Hall–Kier alpha value is -0.580. The van der Waals surface area contributed by atoms with Crippen molar-refractivity contribution in [2.24, 2.45) is 0 Å². The second-order valence-electron chi connectivity index (χ2n) is 3.84. The molecule has 0 saturated carbocycles. The molecule has 0 aliphatic rings. The lowest BCUT2D eigenvalue weighted by Crippen LogP contribution is -2.26. The van der Waals surface area contributed by atoms with E-state index in [0.717, 1.165) is 36.0 Å². The van der Waals surface area contributed by atoms with Crippen molar-refractivity contribution >= 4 is 11.6 Å². The van der Waals surface area contributed by atoms with Gasteiger partial charge in [0.05, 0.1) is 22.5 Å². The fraction of sp³-hybridized carbons (Fsp3) is 0.727. The summed E-state index contributed by atoms with van der Waals surface area (Å²) in [6.07, 6.45) is 0.206. The van der Waals surface area contributed by atoms with Gasteiger partial charge in [-0.1, -0.05) is 11.6 Å². The highest BCUT2D eigenvalue weighted by molar-refractivity contribution is 6.31. The van der Waals surface area contributed by atoms with Gasteiger partial charge in [0, 0.05) is 26.7 Å². The Bertz CT molecular complexity index is 338. The average Bonchev–Trinajstić information content (AvgIpc) is 2.56. The second kappa shape index (κ2) is 6.23. The van der Waals surface area contributed by atoms with Gasteiger partial charge in [0.2, 0.25) is 0 Å². The first kappa shape index (κ1) is 13.5. The zero-order valence-corrected chi connectivity index (χ0v) is 11.1. The Morgan fingerprint density at radius 1 is 1.56 bits per heavy atom. The van der Waals surface area contributed by atoms with Gasteiger partial charge in [0.1, 0.15) is 0 Å². The van der Waals surface area contributed by atoms with Gasteiger partial charge >= 0.3 is 0 Å². The number of rotatable bonds is 6. The van der Waals surface area contributed by atoms with E-state index in [1.54, 1.807) is 7.11 Å². The average molecular weight is 246 g/mol. The summed E-state index contributed by atoms with van der Waals surface area (Å²) in [5.74, 6) is 0. The molecule has 0 aliphatic carbocycles. The smallest absolute Gasteiger partial charge is 0.0860 e. The van der Waals surface area contributed by atoms with Crippen molar-refractivity contribution in [3.05, 3.63) is 16.4 Å². The number of hydrogen-bond donors (Lipinski definition) is 1. The Balaban J connectivity index is 2.59. The molecule has 0 spiro atoms. The van der Waals surface area contributed by atoms with Gasteiger partial charge in [0.15, 0.2) is 0 Å². The third kappa shape index (κ3) is 3.20. The molecule has 1 unspecified atom stereocenters. The molecule has 0 radical (unpaired) electrons. The highest BCUT2D eigenvalue weighted by Crippen LogP contribution is 2.19. The predicted molar refractivity (Wildman–Crippen MR) is 65.8 cm³/mol. The van der Waals surface area contributed by atoms with Gasteiger partial charge in [-0.2, -0.15) is 5.10 Å². The van der Waals surface area contributed by atoms with Crippen LogP contribution in [0.25, 0.3) is 0 Å². The van der Waals surface area contributed by atoms with Crippen LogP contribution < -0.4 is 5.32 Å². The van der Waals surface area contributed by atoms with Crippen LogP contribution in [0.4, 0.5) is 0 Å². The van der Waals surface area contributed by atoms with Crippen LogP contribution in [0, 0.1) is 6.92 Å². The molecule has 1 atom stereocenters. The van der Waals surface area contributed by atoms with E-state index in [4.69, 9.17) is 16.3 Å². The Labute approximate surface area is 102 Å². The molecule has 1 N–H and O–H groups in total. The summed E-state index contributed by atoms with van der Waals surface area (Å²) in [5.41, 5.74) is 1.94. The molecular weight excluding hydrogens is 226 g/mol. The third-order valence-electron chi connectivity index (χ3n) is 2.58. The van der Waals surface area contributed by atoms with E-state index in [-0.39, 0.29) is 6.10 Å². The summed E-state index contributed by atoms with van der Waals surface area (Å²) in [6.45, 7) is 8.38. The quantitative estimate of drug-likeness (QED) is 0.833. The lowest BCUT2D eigenvalue weighted by Gasteiger charge is -2.11. The molecule has 1 rings (SSSR count). The van der Waals surface area contributed by atoms with Crippen LogP contribution in [-0.4, -0.2) is 29.5 Å². The maximum absolute atomic E-state index is 6.19. The van der Waals surface area contributed by atoms with E-state index in [2.05, 4.69) is 17.3 Å². The molecule has 16 heavy (non-hydrogen) atoms. The molecule has 0 bridgehead atoms. The van der Waals surface area contributed by atoms with E-state index in [1.807, 2.05) is 18.5 Å². The number of aromatic nitrogens is 2. The Morgan fingerprint density at radius 3 is 2.81 bits per heavy atom. The molecule has 1 aromatic rings. The van der Waals surface area contributed by atoms with Crippen molar-refractivity contribution < 1.29 is 4.74 Å². The summed E-state index contributed by atoms with van der Waals surface area (Å²) in [5, 5.41) is 8.43. The van der Waals surface area contributed by atoms with Crippen LogP contribution in [0.2, 0.25) is 5.02 Å². The molecule has 0 fully saturated rings. The summed E-state index contributed by atoms with van der Waals surface area (Å²) < 4.78 is 7.09. The Kier molecular flexibility index (Phi) is 5.25. The number of methoxy groups -OCH3 is 1. The minimum Gasteiger partial charge on any atom is -0.380 e. The monoisotopic (exact) mass is 245 g/mol. The number of halogens is 1. The van der Waals surface area contributed by atoms with Crippen molar-refractivity contribution in [2.45, 2.75) is 40.0 Å². The fourth-order valence-corrected chi connectivity index (χ4v) is 1.72. The summed E-state index contributed by atoms with van der Waals surface area (Å²) in [4.78, 5) is 0. The van der Waals surface area contributed by atoms with Gasteiger partial charge < -0.3 is 10.1 Å². The maximum Gasteiger partial charge on any atom is 0.0860 e. The molecule has 0 saturated heterocycles. The summed E-state index contributed by atoms with van der Waals surface area (Å²) in [6, 6.07) is 0. The van der Waals surface area contributed by atoms with Gasteiger partial charge in [-0.25, -0.2) is 0 Å². The number of nitrogens with one attached hydrogen (secondary N) is 1. The lowest BCUT2D eigenvalue weighted by atomic mass is 10.3. The third-order valence-corrected chi connectivity index (χ3v) is 3.07. The molecule has 1 aromatic heterocycles. The first-order chi connectivity index (χ1) is 7.60. The highest BCUT2D eigenvalue weighted by Gasteiger charge is 2.12. The zero-order chi connectivity index (χ0) is 12.1.